The van der Waals surface area contributed by atoms with E-state index < -0.39 is 6.43 Å². The van der Waals surface area contributed by atoms with Gasteiger partial charge in [0.05, 0.1) is 41.3 Å². The number of rotatable bonds is 5. The van der Waals surface area contributed by atoms with Gasteiger partial charge in [-0.25, -0.2) is 8.78 Å². The molecule has 8 heteroatoms. The predicted octanol–water partition coefficient (Wildman–Crippen LogP) is 4.42. The molecule has 0 aliphatic carbocycles. The van der Waals surface area contributed by atoms with Gasteiger partial charge in [0.1, 0.15) is 0 Å². The smallest absolute Gasteiger partial charge is 0.263 e. The molecule has 3 aliphatic rings. The molecule has 2 aromatic heterocycles. The Hall–Kier alpha value is -2.87. The van der Waals surface area contributed by atoms with Crippen molar-refractivity contribution in [3.63, 3.8) is 0 Å². The number of morpholine rings is 1. The number of ether oxygens (including phenoxy) is 1. The van der Waals surface area contributed by atoms with Crippen LogP contribution in [0.5, 0.6) is 0 Å². The highest BCUT2D eigenvalue weighted by Gasteiger charge is 2.38. The standard InChI is InChI=1S/C22H23F2N5O/c1-12(14-4-3-5-15(6-14)21(23)24)26-22-19-7-16(9-25-20(19)13(2)27-28-22)29-10-17-8-18(11-29)30-17/h3-7,9,12,17-18,21H,8,10-11H2,1-2H3,(H,26,28)/t12-,17?,18?/m1/s1. The molecule has 6 rings (SSSR count). The zero-order chi connectivity index (χ0) is 20.8. The van der Waals surface area contributed by atoms with Gasteiger partial charge in [0.15, 0.2) is 5.82 Å². The van der Waals surface area contributed by atoms with Crippen LogP contribution in [0.2, 0.25) is 0 Å². The lowest BCUT2D eigenvalue weighted by Crippen LogP contribution is -2.57. The largest absolute Gasteiger partial charge is 0.371 e. The fourth-order valence-electron chi connectivity index (χ4n) is 4.25. The molecule has 1 N–H and O–H groups in total. The maximum absolute atomic E-state index is 13.1. The van der Waals surface area contributed by atoms with E-state index in [2.05, 4.69) is 31.5 Å². The Morgan fingerprint density at radius 2 is 1.87 bits per heavy atom. The van der Waals surface area contributed by atoms with Gasteiger partial charge in [-0.15, -0.1) is 5.10 Å². The highest BCUT2D eigenvalue weighted by atomic mass is 19.3. The van der Waals surface area contributed by atoms with Crippen molar-refractivity contribution < 1.29 is 13.5 Å². The normalized spacial score (nSPS) is 21.6. The molecule has 3 saturated heterocycles. The van der Waals surface area contributed by atoms with E-state index in [0.717, 1.165) is 47.4 Å². The molecule has 1 aromatic carbocycles. The number of halogens is 2. The van der Waals surface area contributed by atoms with E-state index in [1.807, 2.05) is 26.1 Å². The lowest BCUT2D eigenvalue weighted by molar-refractivity contribution is -0.133. The third kappa shape index (κ3) is 3.45. The van der Waals surface area contributed by atoms with Crippen LogP contribution >= 0.6 is 0 Å². The van der Waals surface area contributed by atoms with Crippen molar-refractivity contribution in [3.05, 3.63) is 53.3 Å². The Kier molecular flexibility index (Phi) is 4.73. The van der Waals surface area contributed by atoms with Gasteiger partial charge in [-0.1, -0.05) is 18.2 Å². The molecule has 3 fully saturated rings. The maximum Gasteiger partial charge on any atom is 0.263 e. The molecule has 5 heterocycles. The Labute approximate surface area is 173 Å². The molecule has 3 atom stereocenters. The van der Waals surface area contributed by atoms with Crippen LogP contribution in [0.4, 0.5) is 20.3 Å². The highest BCUT2D eigenvalue weighted by Crippen LogP contribution is 2.34. The lowest BCUT2D eigenvalue weighted by atomic mass is 9.98. The summed E-state index contributed by atoms with van der Waals surface area (Å²) in [6.45, 7) is 5.53. The fourth-order valence-corrected chi connectivity index (χ4v) is 4.25. The number of nitrogens with zero attached hydrogens (tertiary/aromatic N) is 4. The zero-order valence-electron chi connectivity index (χ0n) is 16.8. The molecule has 6 nitrogen and oxygen atoms in total. The summed E-state index contributed by atoms with van der Waals surface area (Å²) in [7, 11) is 0. The van der Waals surface area contributed by atoms with Crippen LogP contribution in [0.3, 0.4) is 0 Å². The van der Waals surface area contributed by atoms with E-state index in [1.165, 1.54) is 12.1 Å². The van der Waals surface area contributed by atoms with E-state index in [9.17, 15) is 8.78 Å². The summed E-state index contributed by atoms with van der Waals surface area (Å²) < 4.78 is 31.9. The number of fused-ring (bicyclic) bond motifs is 3. The van der Waals surface area contributed by atoms with Crippen molar-refractivity contribution in [2.75, 3.05) is 23.3 Å². The number of pyridine rings is 1. The number of anilines is 2. The van der Waals surface area contributed by atoms with Crippen LogP contribution in [0.15, 0.2) is 36.5 Å². The minimum atomic E-state index is -2.50. The minimum Gasteiger partial charge on any atom is -0.371 e. The molecule has 3 aromatic rings. The zero-order valence-corrected chi connectivity index (χ0v) is 16.8. The lowest BCUT2D eigenvalue weighted by Gasteiger charge is -2.47. The molecule has 2 unspecified atom stereocenters. The van der Waals surface area contributed by atoms with Crippen LogP contribution in [0.1, 0.15) is 42.6 Å². The first-order chi connectivity index (χ1) is 14.5. The number of nitrogens with one attached hydrogen (secondary N) is 1. The quantitative estimate of drug-likeness (QED) is 0.671. The van der Waals surface area contributed by atoms with Crippen molar-refractivity contribution in [2.24, 2.45) is 0 Å². The summed E-state index contributed by atoms with van der Waals surface area (Å²) in [5.74, 6) is 0.596. The van der Waals surface area contributed by atoms with Crippen LogP contribution in [0.25, 0.3) is 10.9 Å². The van der Waals surface area contributed by atoms with E-state index in [-0.39, 0.29) is 11.6 Å². The molecule has 3 aliphatic heterocycles. The second-order valence-corrected chi connectivity index (χ2v) is 8.08. The second-order valence-electron chi connectivity index (χ2n) is 8.08. The first-order valence-electron chi connectivity index (χ1n) is 10.2. The van der Waals surface area contributed by atoms with E-state index in [1.54, 1.807) is 6.07 Å². The number of alkyl halides is 2. The first kappa shape index (κ1) is 19.1. The molecule has 2 bridgehead atoms. The molecule has 156 valence electrons. The van der Waals surface area contributed by atoms with Crippen LogP contribution in [-0.2, 0) is 4.74 Å². The van der Waals surface area contributed by atoms with Crippen molar-refractivity contribution in [3.8, 4) is 0 Å². The Morgan fingerprint density at radius 3 is 2.60 bits per heavy atom. The van der Waals surface area contributed by atoms with Gasteiger partial charge in [-0.3, -0.25) is 4.98 Å². The van der Waals surface area contributed by atoms with Crippen LogP contribution in [-0.4, -0.2) is 40.5 Å². The SMILES string of the molecule is Cc1nnc(N[C@H](C)c2cccc(C(F)F)c2)c2cc(N3CC4CC(C3)O4)cnc12. The number of aromatic nitrogens is 3. The second kappa shape index (κ2) is 7.43. The predicted molar refractivity (Wildman–Crippen MR) is 111 cm³/mol. The summed E-state index contributed by atoms with van der Waals surface area (Å²) in [5, 5.41) is 12.8. The third-order valence-corrected chi connectivity index (χ3v) is 5.91. The van der Waals surface area contributed by atoms with Gasteiger partial charge >= 0.3 is 0 Å². The summed E-state index contributed by atoms with van der Waals surface area (Å²) in [5.41, 5.74) is 3.34. The molecule has 0 saturated carbocycles. The maximum atomic E-state index is 13.1. The van der Waals surface area contributed by atoms with E-state index in [0.29, 0.717) is 18.0 Å². The van der Waals surface area contributed by atoms with Gasteiger partial charge in [0, 0.05) is 30.5 Å². The van der Waals surface area contributed by atoms with Gasteiger partial charge in [-0.05, 0) is 31.5 Å². The van der Waals surface area contributed by atoms with E-state index >= 15 is 0 Å². The summed E-state index contributed by atoms with van der Waals surface area (Å²) >= 11 is 0. The molecule has 0 spiro atoms. The van der Waals surface area contributed by atoms with Crippen molar-refractivity contribution in [2.45, 2.75) is 44.9 Å². The van der Waals surface area contributed by atoms with Crippen LogP contribution in [0, 0.1) is 6.92 Å². The average Bonchev–Trinajstić information content (AvgIpc) is 2.75. The monoisotopic (exact) mass is 411 g/mol. The number of aryl methyl sites for hydroxylation is 1. The fraction of sp³-hybridized carbons (Fsp3) is 0.409. The molecular formula is C22H23F2N5O. The third-order valence-electron chi connectivity index (χ3n) is 5.91. The topological polar surface area (TPSA) is 63.2 Å². The Morgan fingerprint density at radius 1 is 1.13 bits per heavy atom. The average molecular weight is 411 g/mol. The molecule has 0 radical (unpaired) electrons. The molecule has 30 heavy (non-hydrogen) atoms. The number of piperidine rings is 1. The molecule has 0 amide bonds. The van der Waals surface area contributed by atoms with Gasteiger partial charge in [0.2, 0.25) is 0 Å². The molecular weight excluding hydrogens is 388 g/mol. The summed E-state index contributed by atoms with van der Waals surface area (Å²) in [6.07, 6.45) is 1.11. The number of benzene rings is 1. The summed E-state index contributed by atoms with van der Waals surface area (Å²) in [4.78, 5) is 6.95. The number of hydrogen-bond acceptors (Lipinski definition) is 6. The first-order valence-corrected chi connectivity index (χ1v) is 10.2. The van der Waals surface area contributed by atoms with Gasteiger partial charge in [0.25, 0.3) is 6.43 Å². The minimum absolute atomic E-state index is 0.0100. The van der Waals surface area contributed by atoms with Crippen molar-refractivity contribution in [1.82, 2.24) is 15.2 Å². The van der Waals surface area contributed by atoms with Crippen molar-refractivity contribution in [1.29, 1.82) is 0 Å². The van der Waals surface area contributed by atoms with Gasteiger partial charge < -0.3 is 15.0 Å². The van der Waals surface area contributed by atoms with Crippen LogP contribution < -0.4 is 10.2 Å². The van der Waals surface area contributed by atoms with Gasteiger partial charge in [-0.2, -0.15) is 5.10 Å². The Balaban J connectivity index is 1.46. The van der Waals surface area contributed by atoms with Crippen molar-refractivity contribution >= 4 is 22.4 Å². The Bertz CT molecular complexity index is 1080. The number of hydrogen-bond donors (Lipinski definition) is 1. The highest BCUT2D eigenvalue weighted by molar-refractivity contribution is 5.92. The summed E-state index contributed by atoms with van der Waals surface area (Å²) in [6, 6.07) is 8.30. The van der Waals surface area contributed by atoms with E-state index in [4.69, 9.17) is 4.74 Å².